The van der Waals surface area contributed by atoms with Gasteiger partial charge >= 0.3 is 0 Å². The Morgan fingerprint density at radius 2 is 1.39 bits per heavy atom. The fourth-order valence-corrected chi connectivity index (χ4v) is 3.66. The number of rotatable bonds is 10. The van der Waals surface area contributed by atoms with Gasteiger partial charge in [-0.1, -0.05) is 18.2 Å². The van der Waals surface area contributed by atoms with Gasteiger partial charge in [0.1, 0.15) is 17.2 Å². The van der Waals surface area contributed by atoms with Crippen molar-refractivity contribution in [1.82, 2.24) is 5.32 Å². The summed E-state index contributed by atoms with van der Waals surface area (Å²) >= 11 is 0. The molecule has 1 aliphatic heterocycles. The van der Waals surface area contributed by atoms with Crippen molar-refractivity contribution in [3.63, 3.8) is 0 Å². The lowest BCUT2D eigenvalue weighted by atomic mass is 9.98. The number of fused-ring (bicyclic) bond motifs is 1. The van der Waals surface area contributed by atoms with Crippen LogP contribution in [-0.4, -0.2) is 39.6 Å². The zero-order valence-electron chi connectivity index (χ0n) is 18.7. The third kappa shape index (κ3) is 6.10. The van der Waals surface area contributed by atoms with Crippen LogP contribution in [0.1, 0.15) is 11.1 Å². The molecule has 172 valence electrons. The highest BCUT2D eigenvalue weighted by Gasteiger charge is 2.18. The summed E-state index contributed by atoms with van der Waals surface area (Å²) in [5, 5.41) is 3.11. The van der Waals surface area contributed by atoms with E-state index in [1.807, 2.05) is 42.5 Å². The minimum atomic E-state index is -0.190. The van der Waals surface area contributed by atoms with Crippen molar-refractivity contribution in [3.8, 4) is 28.7 Å². The van der Waals surface area contributed by atoms with E-state index in [9.17, 15) is 4.79 Å². The second-order valence-electron chi connectivity index (χ2n) is 7.67. The number of carbonyl (C=O) groups excluding carboxylic acids is 1. The molecular weight excluding hydrogens is 422 g/mol. The summed E-state index contributed by atoms with van der Waals surface area (Å²) in [5.41, 5.74) is 2.15. The highest BCUT2D eigenvalue weighted by atomic mass is 16.7. The molecule has 0 saturated heterocycles. The monoisotopic (exact) mass is 449 g/mol. The van der Waals surface area contributed by atoms with Crippen molar-refractivity contribution < 1.29 is 28.5 Å². The molecule has 1 N–H and O–H groups in total. The Bertz CT molecular complexity index is 1070. The molecule has 0 spiro atoms. The van der Waals surface area contributed by atoms with Gasteiger partial charge in [0.05, 0.1) is 14.2 Å². The smallest absolute Gasteiger partial charge is 0.258 e. The van der Waals surface area contributed by atoms with Crippen molar-refractivity contribution in [3.05, 3.63) is 77.9 Å². The van der Waals surface area contributed by atoms with Crippen LogP contribution in [-0.2, 0) is 17.6 Å². The normalized spacial score (nSPS) is 12.7. The predicted molar refractivity (Wildman–Crippen MR) is 123 cm³/mol. The van der Waals surface area contributed by atoms with Gasteiger partial charge < -0.3 is 29.0 Å². The molecule has 7 nitrogen and oxygen atoms in total. The van der Waals surface area contributed by atoms with Gasteiger partial charge in [-0.3, -0.25) is 4.79 Å². The first kappa shape index (κ1) is 22.3. The summed E-state index contributed by atoms with van der Waals surface area (Å²) in [6.07, 6.45) is 1.30. The molecule has 1 aliphatic rings. The highest BCUT2D eigenvalue weighted by Crippen LogP contribution is 2.33. The SMILES string of the molecule is COc1ccc(CC(Cc2ccc3c(c2)OCO3)NC(=O)COc2ccc(OC)cc2)cc1. The Balaban J connectivity index is 1.41. The Kier molecular flexibility index (Phi) is 7.19. The lowest BCUT2D eigenvalue weighted by Crippen LogP contribution is -2.40. The minimum Gasteiger partial charge on any atom is -0.497 e. The van der Waals surface area contributed by atoms with Crippen LogP contribution in [0.2, 0.25) is 0 Å². The molecule has 0 bridgehead atoms. The number of nitrogens with one attached hydrogen (secondary N) is 1. The van der Waals surface area contributed by atoms with Crippen LogP contribution < -0.4 is 29.0 Å². The van der Waals surface area contributed by atoms with Gasteiger partial charge in [0.15, 0.2) is 18.1 Å². The summed E-state index contributed by atoms with van der Waals surface area (Å²) in [7, 11) is 3.24. The van der Waals surface area contributed by atoms with Crippen molar-refractivity contribution in [1.29, 1.82) is 0 Å². The Hall–Kier alpha value is -3.87. The fraction of sp³-hybridized carbons (Fsp3) is 0.269. The molecule has 3 aromatic rings. The molecule has 1 unspecified atom stereocenters. The van der Waals surface area contributed by atoms with Gasteiger partial charge in [0, 0.05) is 6.04 Å². The molecule has 1 heterocycles. The highest BCUT2D eigenvalue weighted by molar-refractivity contribution is 5.78. The summed E-state index contributed by atoms with van der Waals surface area (Å²) < 4.78 is 26.9. The second kappa shape index (κ2) is 10.6. The first-order chi connectivity index (χ1) is 16.1. The maximum absolute atomic E-state index is 12.7. The summed E-state index contributed by atoms with van der Waals surface area (Å²) in [4.78, 5) is 12.7. The molecule has 33 heavy (non-hydrogen) atoms. The number of carbonyl (C=O) groups is 1. The summed E-state index contributed by atoms with van der Waals surface area (Å²) in [6.45, 7) is 0.153. The van der Waals surface area contributed by atoms with E-state index in [2.05, 4.69) is 5.32 Å². The number of methoxy groups -OCH3 is 2. The van der Waals surface area contributed by atoms with Gasteiger partial charge in [0.2, 0.25) is 6.79 Å². The van der Waals surface area contributed by atoms with Crippen LogP contribution in [0.5, 0.6) is 28.7 Å². The number of benzene rings is 3. The molecule has 1 atom stereocenters. The average molecular weight is 450 g/mol. The van der Waals surface area contributed by atoms with Crippen molar-refractivity contribution in [2.75, 3.05) is 27.6 Å². The van der Waals surface area contributed by atoms with Crippen LogP contribution in [0.25, 0.3) is 0 Å². The molecule has 4 rings (SSSR count). The molecule has 3 aromatic carbocycles. The summed E-state index contributed by atoms with van der Waals surface area (Å²) in [6, 6.07) is 20.7. The standard InChI is InChI=1S/C26H27NO6/c1-29-21-6-3-18(4-7-21)13-20(14-19-5-12-24-25(15-19)33-17-32-24)27-26(28)16-31-23-10-8-22(30-2)9-11-23/h3-12,15,20H,13-14,16-17H2,1-2H3,(H,27,28). The van der Waals surface area contributed by atoms with E-state index >= 15 is 0 Å². The van der Waals surface area contributed by atoms with E-state index < -0.39 is 0 Å². The van der Waals surface area contributed by atoms with Crippen molar-refractivity contribution in [2.45, 2.75) is 18.9 Å². The number of ether oxygens (including phenoxy) is 5. The van der Waals surface area contributed by atoms with E-state index in [1.54, 1.807) is 38.5 Å². The Morgan fingerprint density at radius 1 is 0.818 bits per heavy atom. The van der Waals surface area contributed by atoms with Gasteiger partial charge in [0.25, 0.3) is 5.91 Å². The lowest BCUT2D eigenvalue weighted by Gasteiger charge is -2.20. The zero-order valence-corrected chi connectivity index (χ0v) is 18.7. The van der Waals surface area contributed by atoms with Crippen molar-refractivity contribution >= 4 is 5.91 Å². The molecule has 7 heteroatoms. The maximum Gasteiger partial charge on any atom is 0.258 e. The van der Waals surface area contributed by atoms with Gasteiger partial charge in [-0.2, -0.15) is 0 Å². The van der Waals surface area contributed by atoms with Gasteiger partial charge in [-0.05, 0) is 72.5 Å². The average Bonchev–Trinajstić information content (AvgIpc) is 3.31. The van der Waals surface area contributed by atoms with E-state index in [1.165, 1.54) is 0 Å². The van der Waals surface area contributed by atoms with Crippen LogP contribution >= 0.6 is 0 Å². The third-order valence-electron chi connectivity index (χ3n) is 5.35. The van der Waals surface area contributed by atoms with Crippen LogP contribution in [0.15, 0.2) is 66.7 Å². The largest absolute Gasteiger partial charge is 0.497 e. The van der Waals surface area contributed by atoms with Crippen molar-refractivity contribution in [2.24, 2.45) is 0 Å². The quantitative estimate of drug-likeness (QED) is 0.508. The van der Waals surface area contributed by atoms with E-state index in [0.717, 1.165) is 34.1 Å². The minimum absolute atomic E-state index is 0.0768. The van der Waals surface area contributed by atoms with Gasteiger partial charge in [-0.25, -0.2) is 0 Å². The Morgan fingerprint density at radius 3 is 2.09 bits per heavy atom. The Labute approximate surface area is 193 Å². The molecule has 0 aliphatic carbocycles. The third-order valence-corrected chi connectivity index (χ3v) is 5.35. The first-order valence-corrected chi connectivity index (χ1v) is 10.7. The molecule has 0 saturated carbocycles. The van der Waals surface area contributed by atoms with E-state index in [-0.39, 0.29) is 25.3 Å². The number of hydrogen-bond acceptors (Lipinski definition) is 6. The van der Waals surface area contributed by atoms with Crippen LogP contribution in [0.4, 0.5) is 0 Å². The molecule has 0 fully saturated rings. The first-order valence-electron chi connectivity index (χ1n) is 10.7. The maximum atomic E-state index is 12.7. The van der Waals surface area contributed by atoms with E-state index in [0.29, 0.717) is 18.6 Å². The molecule has 0 radical (unpaired) electrons. The van der Waals surface area contributed by atoms with E-state index in [4.69, 9.17) is 23.7 Å². The number of hydrogen-bond donors (Lipinski definition) is 1. The summed E-state index contributed by atoms with van der Waals surface area (Å²) in [5.74, 6) is 3.41. The fourth-order valence-electron chi connectivity index (χ4n) is 3.66. The van der Waals surface area contributed by atoms with Gasteiger partial charge in [-0.15, -0.1) is 0 Å². The second-order valence-corrected chi connectivity index (χ2v) is 7.67. The zero-order chi connectivity index (χ0) is 23.0. The topological polar surface area (TPSA) is 75.2 Å². The van der Waals surface area contributed by atoms with Crippen LogP contribution in [0.3, 0.4) is 0 Å². The number of amides is 1. The lowest BCUT2D eigenvalue weighted by molar-refractivity contribution is -0.123. The predicted octanol–water partition coefficient (Wildman–Crippen LogP) is 3.78. The molecular formula is C26H27NO6. The van der Waals surface area contributed by atoms with Crippen LogP contribution in [0, 0.1) is 0 Å². The molecule has 0 aromatic heterocycles. The molecule has 1 amide bonds.